The highest BCUT2D eigenvalue weighted by atomic mass is 32.2. The Morgan fingerprint density at radius 1 is 1.00 bits per heavy atom. The first-order chi connectivity index (χ1) is 18.6. The van der Waals surface area contributed by atoms with E-state index in [9.17, 15) is 26.4 Å². The SMILES string of the molecule is CCOC(=O)c1c(Nc2nc3ccccc3nc2NS(=O)(=O)c2ccccc2C(F)(F)F)sc2c1CCCC2. The van der Waals surface area contributed by atoms with Gasteiger partial charge < -0.3 is 10.1 Å². The van der Waals surface area contributed by atoms with Crippen molar-refractivity contribution in [1.29, 1.82) is 0 Å². The molecule has 0 spiro atoms. The Morgan fingerprint density at radius 3 is 2.33 bits per heavy atom. The van der Waals surface area contributed by atoms with Crippen LogP contribution in [-0.2, 0) is 33.8 Å². The molecule has 0 amide bonds. The number of thiophene rings is 1. The summed E-state index contributed by atoms with van der Waals surface area (Å²) in [6.45, 7) is 1.87. The number of carbonyl (C=O) groups is 1. The van der Waals surface area contributed by atoms with Gasteiger partial charge in [0.2, 0.25) is 0 Å². The van der Waals surface area contributed by atoms with Crippen molar-refractivity contribution in [3.63, 3.8) is 0 Å². The fourth-order valence-corrected chi connectivity index (χ4v) is 6.97. The molecule has 39 heavy (non-hydrogen) atoms. The van der Waals surface area contributed by atoms with Gasteiger partial charge >= 0.3 is 12.1 Å². The molecule has 1 aliphatic rings. The second-order valence-corrected chi connectivity index (χ2v) is 11.5. The molecule has 2 N–H and O–H groups in total. The van der Waals surface area contributed by atoms with Crippen LogP contribution in [-0.4, -0.2) is 31.0 Å². The number of esters is 1. The van der Waals surface area contributed by atoms with Gasteiger partial charge in [0.25, 0.3) is 10.0 Å². The van der Waals surface area contributed by atoms with Crippen molar-refractivity contribution in [1.82, 2.24) is 9.97 Å². The summed E-state index contributed by atoms with van der Waals surface area (Å²) in [5.74, 6) is -0.896. The highest BCUT2D eigenvalue weighted by Crippen LogP contribution is 2.41. The van der Waals surface area contributed by atoms with Crippen LogP contribution in [0.4, 0.5) is 29.8 Å². The Kier molecular flexibility index (Phi) is 7.21. The van der Waals surface area contributed by atoms with Crippen molar-refractivity contribution < 1.29 is 31.1 Å². The van der Waals surface area contributed by atoms with Gasteiger partial charge in [0, 0.05) is 4.88 Å². The third kappa shape index (κ3) is 5.41. The molecule has 8 nitrogen and oxygen atoms in total. The molecule has 0 radical (unpaired) electrons. The first kappa shape index (κ1) is 26.9. The zero-order valence-electron chi connectivity index (χ0n) is 20.6. The highest BCUT2D eigenvalue weighted by Gasteiger charge is 2.37. The highest BCUT2D eigenvalue weighted by molar-refractivity contribution is 7.92. The summed E-state index contributed by atoms with van der Waals surface area (Å²) in [7, 11) is -4.75. The van der Waals surface area contributed by atoms with E-state index in [1.54, 1.807) is 31.2 Å². The van der Waals surface area contributed by atoms with Crippen molar-refractivity contribution >= 4 is 55.0 Å². The Labute approximate surface area is 226 Å². The van der Waals surface area contributed by atoms with Crippen molar-refractivity contribution in [3.8, 4) is 0 Å². The van der Waals surface area contributed by atoms with E-state index in [4.69, 9.17) is 4.74 Å². The van der Waals surface area contributed by atoms with Crippen LogP contribution in [0.1, 0.15) is 46.1 Å². The molecule has 204 valence electrons. The van der Waals surface area contributed by atoms with Crippen LogP contribution < -0.4 is 10.0 Å². The van der Waals surface area contributed by atoms with Gasteiger partial charge in [-0.05, 0) is 62.4 Å². The van der Waals surface area contributed by atoms with Crippen LogP contribution in [0.3, 0.4) is 0 Å². The number of fused-ring (bicyclic) bond motifs is 2. The number of aryl methyl sites for hydroxylation is 1. The lowest BCUT2D eigenvalue weighted by Gasteiger charge is -2.16. The Balaban J connectivity index is 1.62. The number of anilines is 3. The average molecular weight is 577 g/mol. The number of ether oxygens (including phenoxy) is 1. The number of hydrogen-bond donors (Lipinski definition) is 2. The standard InChI is InChI=1S/C26H23F3N4O4S2/c1-2-37-25(34)21-15-9-3-7-13-19(15)38-24(21)32-22-23(31-18-12-6-5-11-17(18)30-22)33-39(35,36)20-14-8-4-10-16(20)26(27,28)29/h4-6,8,10-12,14H,2-3,7,9,13H2,1H3,(H,30,32)(H,31,33). The van der Waals surface area contributed by atoms with Crippen LogP contribution in [0.25, 0.3) is 11.0 Å². The summed E-state index contributed by atoms with van der Waals surface area (Å²) in [5.41, 5.74) is 0.653. The van der Waals surface area contributed by atoms with Gasteiger partial charge in [-0.25, -0.2) is 23.2 Å². The summed E-state index contributed by atoms with van der Waals surface area (Å²) in [6.07, 6.45) is -1.54. The van der Waals surface area contributed by atoms with E-state index in [2.05, 4.69) is 20.0 Å². The fraction of sp³-hybridized carbons (Fsp3) is 0.269. The van der Waals surface area contributed by atoms with Gasteiger partial charge in [-0.3, -0.25) is 4.72 Å². The number of aromatic nitrogens is 2. The van der Waals surface area contributed by atoms with Gasteiger partial charge in [0.1, 0.15) is 5.00 Å². The number of halogens is 3. The van der Waals surface area contributed by atoms with Gasteiger partial charge in [0.05, 0.1) is 33.7 Å². The molecule has 5 rings (SSSR count). The Morgan fingerprint density at radius 2 is 1.64 bits per heavy atom. The Hall–Kier alpha value is -3.71. The van der Waals surface area contributed by atoms with Gasteiger partial charge in [-0.2, -0.15) is 13.2 Å². The second kappa shape index (κ2) is 10.5. The van der Waals surface area contributed by atoms with Gasteiger partial charge in [-0.1, -0.05) is 24.3 Å². The number of para-hydroxylation sites is 2. The predicted octanol–water partition coefficient (Wildman–Crippen LogP) is 6.31. The molecule has 2 heterocycles. The molecule has 0 saturated heterocycles. The largest absolute Gasteiger partial charge is 0.462 e. The van der Waals surface area contributed by atoms with Crippen LogP contribution >= 0.6 is 11.3 Å². The lowest BCUT2D eigenvalue weighted by Crippen LogP contribution is -2.20. The first-order valence-corrected chi connectivity index (χ1v) is 14.4. The maximum Gasteiger partial charge on any atom is 0.417 e. The predicted molar refractivity (Wildman–Crippen MR) is 142 cm³/mol. The molecular weight excluding hydrogens is 553 g/mol. The number of sulfonamides is 1. The molecule has 1 aliphatic carbocycles. The maximum atomic E-state index is 13.6. The van der Waals surface area contributed by atoms with Crippen molar-refractivity contribution in [2.45, 2.75) is 43.7 Å². The number of carbonyl (C=O) groups excluding carboxylic acids is 1. The molecule has 0 bridgehead atoms. The smallest absolute Gasteiger partial charge is 0.417 e. The fourth-order valence-electron chi connectivity index (χ4n) is 4.46. The van der Waals surface area contributed by atoms with Crippen molar-refractivity contribution in [2.24, 2.45) is 0 Å². The van der Waals surface area contributed by atoms with E-state index in [-0.39, 0.29) is 18.2 Å². The first-order valence-electron chi connectivity index (χ1n) is 12.1. The topological polar surface area (TPSA) is 110 Å². The summed E-state index contributed by atoms with van der Waals surface area (Å²) >= 11 is 1.34. The molecule has 2 aromatic carbocycles. The number of nitrogens with zero attached hydrogens (tertiary/aromatic N) is 2. The van der Waals surface area contributed by atoms with Crippen LogP contribution in [0, 0.1) is 0 Å². The van der Waals surface area contributed by atoms with E-state index >= 15 is 0 Å². The quantitative estimate of drug-likeness (QED) is 0.248. The molecule has 2 aromatic heterocycles. The molecule has 0 saturated carbocycles. The molecule has 4 aromatic rings. The minimum atomic E-state index is -4.90. The van der Waals surface area contributed by atoms with Crippen molar-refractivity contribution in [2.75, 3.05) is 16.6 Å². The Bertz CT molecular complexity index is 1670. The number of alkyl halides is 3. The third-order valence-corrected chi connectivity index (χ3v) is 8.77. The normalized spacial score (nSPS) is 13.6. The number of nitrogens with one attached hydrogen (secondary N) is 2. The average Bonchev–Trinajstić information content (AvgIpc) is 3.26. The third-order valence-electron chi connectivity index (χ3n) is 6.17. The molecule has 0 atom stereocenters. The zero-order valence-corrected chi connectivity index (χ0v) is 22.3. The van der Waals surface area contributed by atoms with E-state index in [0.717, 1.165) is 41.8 Å². The zero-order chi connectivity index (χ0) is 27.8. The van der Waals surface area contributed by atoms with Gasteiger partial charge in [-0.15, -0.1) is 11.3 Å². The number of rotatable bonds is 7. The summed E-state index contributed by atoms with van der Waals surface area (Å²) < 4.78 is 74.8. The van der Waals surface area contributed by atoms with E-state index < -0.39 is 32.6 Å². The maximum absolute atomic E-state index is 13.6. The van der Waals surface area contributed by atoms with Crippen LogP contribution in [0.5, 0.6) is 0 Å². The van der Waals surface area contributed by atoms with E-state index in [1.165, 1.54) is 17.4 Å². The van der Waals surface area contributed by atoms with Gasteiger partial charge in [0.15, 0.2) is 11.6 Å². The molecule has 13 heteroatoms. The minimum Gasteiger partial charge on any atom is -0.462 e. The molecule has 0 unspecified atom stereocenters. The minimum absolute atomic E-state index is 0.0640. The molecule has 0 aliphatic heterocycles. The second-order valence-electron chi connectivity index (χ2n) is 8.77. The number of benzene rings is 2. The summed E-state index contributed by atoms with van der Waals surface area (Å²) in [4.78, 5) is 21.9. The van der Waals surface area contributed by atoms with E-state index in [1.807, 2.05) is 0 Å². The van der Waals surface area contributed by atoms with Crippen LogP contribution in [0.15, 0.2) is 53.4 Å². The summed E-state index contributed by atoms with van der Waals surface area (Å²) in [5, 5.41) is 3.45. The monoisotopic (exact) mass is 576 g/mol. The van der Waals surface area contributed by atoms with Crippen molar-refractivity contribution in [3.05, 3.63) is 70.1 Å². The molecular formula is C26H23F3N4O4S2. The summed E-state index contributed by atoms with van der Waals surface area (Å²) in [6, 6.07) is 10.5. The van der Waals surface area contributed by atoms with Crippen LogP contribution in [0.2, 0.25) is 0 Å². The molecule has 0 fully saturated rings. The van der Waals surface area contributed by atoms with E-state index in [0.29, 0.717) is 34.1 Å². The number of hydrogen-bond acceptors (Lipinski definition) is 8. The lowest BCUT2D eigenvalue weighted by molar-refractivity contribution is -0.139. The lowest BCUT2D eigenvalue weighted by atomic mass is 9.95.